The summed E-state index contributed by atoms with van der Waals surface area (Å²) >= 11 is 5.08. The van der Waals surface area contributed by atoms with Crippen molar-refractivity contribution in [1.82, 2.24) is 0 Å². The van der Waals surface area contributed by atoms with E-state index in [1.54, 1.807) is 0 Å². The van der Waals surface area contributed by atoms with Gasteiger partial charge in [-0.25, -0.2) is 0 Å². The zero-order valence-electron chi connectivity index (χ0n) is 8.97. The number of hydrogen-bond acceptors (Lipinski definition) is 2. The summed E-state index contributed by atoms with van der Waals surface area (Å²) in [5.74, 6) is 0. The second-order valence-electron chi connectivity index (χ2n) is 3.38. The van der Waals surface area contributed by atoms with Gasteiger partial charge in [-0.3, -0.25) is 0 Å². The molecule has 0 radical (unpaired) electrons. The van der Waals surface area contributed by atoms with Crippen LogP contribution >= 0.6 is 12.2 Å². The molecule has 0 aliphatic carbocycles. The van der Waals surface area contributed by atoms with Crippen molar-refractivity contribution in [3.05, 3.63) is 0 Å². The van der Waals surface area contributed by atoms with Crippen LogP contribution in [0, 0.1) is 0 Å². The lowest BCUT2D eigenvalue weighted by molar-refractivity contribution is 0.303. The summed E-state index contributed by atoms with van der Waals surface area (Å²) in [6.45, 7) is 5.12. The number of unbranched alkanes of at least 4 members (excludes halogenated alkanes) is 4. The summed E-state index contributed by atoms with van der Waals surface area (Å²) in [5, 5.41) is 0.804. The highest BCUT2D eigenvalue weighted by molar-refractivity contribution is 7.80. The van der Waals surface area contributed by atoms with E-state index in [1.807, 2.05) is 0 Å². The molecule has 0 heterocycles. The first-order valence-electron chi connectivity index (χ1n) is 5.46. The minimum atomic E-state index is 0.786. The first-order valence-corrected chi connectivity index (χ1v) is 5.87. The smallest absolute Gasteiger partial charge is 0.159 e. The summed E-state index contributed by atoms with van der Waals surface area (Å²) in [6.07, 6.45) is 8.51. The second kappa shape index (κ2) is 9.97. The monoisotopic (exact) mass is 202 g/mol. The Kier molecular flexibility index (Phi) is 9.89. The Morgan fingerprint density at radius 2 is 1.69 bits per heavy atom. The lowest BCUT2D eigenvalue weighted by atomic mass is 10.1. The van der Waals surface area contributed by atoms with Crippen LogP contribution in [0.25, 0.3) is 0 Å². The number of rotatable bonds is 8. The maximum absolute atomic E-state index is 5.33. The van der Waals surface area contributed by atoms with Crippen LogP contribution < -0.4 is 0 Å². The molecule has 78 valence electrons. The van der Waals surface area contributed by atoms with Crippen LogP contribution in [0.15, 0.2) is 0 Å². The SMILES string of the molecule is CCCCCCCC(=S)OCCC. The molecule has 0 N–H and O–H groups in total. The molecule has 1 nitrogen and oxygen atoms in total. The van der Waals surface area contributed by atoms with Crippen LogP contribution in [0.5, 0.6) is 0 Å². The van der Waals surface area contributed by atoms with Gasteiger partial charge in [-0.15, -0.1) is 0 Å². The summed E-state index contributed by atoms with van der Waals surface area (Å²) in [7, 11) is 0. The predicted molar refractivity (Wildman–Crippen MR) is 62.2 cm³/mol. The predicted octanol–water partition coefficient (Wildman–Crippen LogP) is 4.10. The van der Waals surface area contributed by atoms with Crippen LogP contribution in [-0.2, 0) is 4.74 Å². The van der Waals surface area contributed by atoms with E-state index in [0.29, 0.717) is 0 Å². The van der Waals surface area contributed by atoms with E-state index in [4.69, 9.17) is 17.0 Å². The highest BCUT2D eigenvalue weighted by Crippen LogP contribution is 2.06. The summed E-state index contributed by atoms with van der Waals surface area (Å²) in [4.78, 5) is 0. The van der Waals surface area contributed by atoms with Crippen molar-refractivity contribution < 1.29 is 4.74 Å². The molecule has 0 fully saturated rings. The van der Waals surface area contributed by atoms with Crippen LogP contribution in [-0.4, -0.2) is 11.7 Å². The highest BCUT2D eigenvalue weighted by atomic mass is 32.1. The third kappa shape index (κ3) is 9.81. The van der Waals surface area contributed by atoms with Crippen LogP contribution in [0.4, 0.5) is 0 Å². The third-order valence-corrected chi connectivity index (χ3v) is 2.27. The fraction of sp³-hybridized carbons (Fsp3) is 0.909. The molecule has 0 rings (SSSR count). The van der Waals surface area contributed by atoms with Gasteiger partial charge in [0, 0.05) is 6.42 Å². The van der Waals surface area contributed by atoms with Gasteiger partial charge >= 0.3 is 0 Å². The normalized spacial score (nSPS) is 10.0. The number of ether oxygens (including phenoxy) is 1. The molecule has 0 atom stereocenters. The molecule has 13 heavy (non-hydrogen) atoms. The van der Waals surface area contributed by atoms with Gasteiger partial charge in [0.1, 0.15) is 0 Å². The minimum Gasteiger partial charge on any atom is -0.487 e. The van der Waals surface area contributed by atoms with Gasteiger partial charge in [-0.2, -0.15) is 0 Å². The van der Waals surface area contributed by atoms with Gasteiger partial charge in [-0.05, 0) is 25.1 Å². The average Bonchev–Trinajstić information content (AvgIpc) is 2.14. The molecule has 2 heteroatoms. The molecule has 0 saturated heterocycles. The molecular weight excluding hydrogens is 180 g/mol. The van der Waals surface area contributed by atoms with Gasteiger partial charge in [0.15, 0.2) is 5.05 Å². The molecular formula is C11H22OS. The van der Waals surface area contributed by atoms with Crippen molar-refractivity contribution in [1.29, 1.82) is 0 Å². The van der Waals surface area contributed by atoms with Crippen molar-refractivity contribution in [2.45, 2.75) is 58.8 Å². The van der Waals surface area contributed by atoms with Gasteiger partial charge in [0.2, 0.25) is 0 Å². The molecule has 0 saturated carbocycles. The second-order valence-corrected chi connectivity index (χ2v) is 3.84. The average molecular weight is 202 g/mol. The van der Waals surface area contributed by atoms with E-state index in [2.05, 4.69) is 13.8 Å². The molecule has 0 spiro atoms. The molecule has 0 aromatic carbocycles. The van der Waals surface area contributed by atoms with Crippen LogP contribution in [0.2, 0.25) is 0 Å². The van der Waals surface area contributed by atoms with E-state index in [1.165, 1.54) is 32.1 Å². The maximum Gasteiger partial charge on any atom is 0.159 e. The van der Waals surface area contributed by atoms with Gasteiger partial charge < -0.3 is 4.74 Å². The quantitative estimate of drug-likeness (QED) is 0.433. The zero-order valence-corrected chi connectivity index (χ0v) is 9.79. The van der Waals surface area contributed by atoms with E-state index < -0.39 is 0 Å². The molecule has 0 aromatic heterocycles. The summed E-state index contributed by atoms with van der Waals surface area (Å²) in [5.41, 5.74) is 0. The molecule has 0 unspecified atom stereocenters. The highest BCUT2D eigenvalue weighted by Gasteiger charge is 1.96. The van der Waals surface area contributed by atoms with E-state index >= 15 is 0 Å². The van der Waals surface area contributed by atoms with E-state index in [0.717, 1.165) is 24.5 Å². The molecule has 0 aliphatic heterocycles. The van der Waals surface area contributed by atoms with Crippen molar-refractivity contribution in [2.24, 2.45) is 0 Å². The van der Waals surface area contributed by atoms with Crippen LogP contribution in [0.3, 0.4) is 0 Å². The Labute approximate surface area is 87.9 Å². The molecule has 0 amide bonds. The lowest BCUT2D eigenvalue weighted by Crippen LogP contribution is -2.02. The largest absolute Gasteiger partial charge is 0.487 e. The Hall–Kier alpha value is -0.110. The maximum atomic E-state index is 5.33. The van der Waals surface area contributed by atoms with Crippen LogP contribution in [0.1, 0.15) is 58.8 Å². The Bertz CT molecular complexity index is 123. The van der Waals surface area contributed by atoms with Crippen molar-refractivity contribution >= 4 is 17.3 Å². The van der Waals surface area contributed by atoms with Crippen molar-refractivity contribution in [3.63, 3.8) is 0 Å². The first-order chi connectivity index (χ1) is 6.31. The van der Waals surface area contributed by atoms with Gasteiger partial charge in [-0.1, -0.05) is 39.5 Å². The van der Waals surface area contributed by atoms with E-state index in [-0.39, 0.29) is 0 Å². The fourth-order valence-electron chi connectivity index (χ4n) is 1.16. The molecule has 0 aromatic rings. The van der Waals surface area contributed by atoms with Gasteiger partial charge in [0.05, 0.1) is 6.61 Å². The molecule has 0 aliphatic rings. The first kappa shape index (κ1) is 12.9. The summed E-state index contributed by atoms with van der Waals surface area (Å²) < 4.78 is 5.33. The zero-order chi connectivity index (χ0) is 9.94. The lowest BCUT2D eigenvalue weighted by Gasteiger charge is -2.05. The Balaban J connectivity index is 3.08. The Morgan fingerprint density at radius 1 is 1.00 bits per heavy atom. The van der Waals surface area contributed by atoms with Gasteiger partial charge in [0.25, 0.3) is 0 Å². The van der Waals surface area contributed by atoms with E-state index in [9.17, 15) is 0 Å². The molecule has 0 bridgehead atoms. The number of hydrogen-bond donors (Lipinski definition) is 0. The summed E-state index contributed by atoms with van der Waals surface area (Å²) in [6, 6.07) is 0. The topological polar surface area (TPSA) is 9.23 Å². The third-order valence-electron chi connectivity index (χ3n) is 1.95. The van der Waals surface area contributed by atoms with Crippen molar-refractivity contribution in [2.75, 3.05) is 6.61 Å². The number of thiocarbonyl (C=S) groups is 1. The standard InChI is InChI=1S/C11H22OS/c1-3-5-6-7-8-9-11(13)12-10-4-2/h3-10H2,1-2H3. The van der Waals surface area contributed by atoms with Crippen molar-refractivity contribution in [3.8, 4) is 0 Å². The Morgan fingerprint density at radius 3 is 2.31 bits per heavy atom. The fourth-order valence-corrected chi connectivity index (χ4v) is 1.39. The minimum absolute atomic E-state index is 0.786.